The van der Waals surface area contributed by atoms with Crippen molar-refractivity contribution in [2.75, 3.05) is 6.54 Å². The Morgan fingerprint density at radius 1 is 1.52 bits per heavy atom. The van der Waals surface area contributed by atoms with Crippen LogP contribution in [0.5, 0.6) is 0 Å². The number of hydrogen-bond donors (Lipinski definition) is 1. The fourth-order valence-electron chi connectivity index (χ4n) is 1.45. The molecule has 0 aromatic carbocycles. The summed E-state index contributed by atoms with van der Waals surface area (Å²) in [5.41, 5.74) is 0. The Morgan fingerprint density at radius 3 is 2.86 bits per heavy atom. The highest BCUT2D eigenvalue weighted by atomic mass is 19.4. The molecule has 2 aromatic heterocycles. The number of hydrogen-bond acceptors (Lipinski definition) is 6. The summed E-state index contributed by atoms with van der Waals surface area (Å²) >= 11 is 0. The highest BCUT2D eigenvalue weighted by Gasteiger charge is 2.38. The van der Waals surface area contributed by atoms with Crippen molar-refractivity contribution in [2.45, 2.75) is 25.6 Å². The molecule has 0 fully saturated rings. The topological polar surface area (TPSA) is 98.7 Å². The van der Waals surface area contributed by atoms with Gasteiger partial charge in [0.05, 0.1) is 0 Å². The van der Waals surface area contributed by atoms with Crippen LogP contribution in [0.3, 0.4) is 0 Å². The Hall–Kier alpha value is -2.46. The highest BCUT2D eigenvalue weighted by molar-refractivity contribution is 5.79. The first-order valence-electron chi connectivity index (χ1n) is 5.89. The maximum absolute atomic E-state index is 12.2. The molecule has 1 N–H and O–H groups in total. The van der Waals surface area contributed by atoms with Gasteiger partial charge >= 0.3 is 12.1 Å². The van der Waals surface area contributed by atoms with Gasteiger partial charge in [-0.2, -0.15) is 23.3 Å². The van der Waals surface area contributed by atoms with Gasteiger partial charge in [0.1, 0.15) is 18.7 Å². The minimum absolute atomic E-state index is 0.0232. The molecular weight excluding hydrogens is 293 g/mol. The van der Waals surface area contributed by atoms with Crippen LogP contribution < -0.4 is 5.32 Å². The standard InChI is InChI=1S/C10H11F3N6O2/c1-6(19-5-14-4-16-19)8(20)15-3-2-7-17-9(21-18-7)10(11,12)13/h4-6H,2-3H2,1H3,(H,15,20)/t6-/m1/s1. The van der Waals surface area contributed by atoms with Crippen molar-refractivity contribution < 1.29 is 22.5 Å². The summed E-state index contributed by atoms with van der Waals surface area (Å²) in [5, 5.41) is 9.54. The Bertz CT molecular complexity index is 594. The first kappa shape index (κ1) is 14.9. The maximum Gasteiger partial charge on any atom is 0.471 e. The lowest BCUT2D eigenvalue weighted by Gasteiger charge is -2.11. The molecule has 1 amide bonds. The Kier molecular flexibility index (Phi) is 4.19. The van der Waals surface area contributed by atoms with Crippen molar-refractivity contribution in [3.63, 3.8) is 0 Å². The van der Waals surface area contributed by atoms with Gasteiger partial charge in [0.15, 0.2) is 5.82 Å². The van der Waals surface area contributed by atoms with Crippen LogP contribution in [0.25, 0.3) is 0 Å². The Labute approximate surface area is 116 Å². The molecule has 0 bridgehead atoms. The molecule has 2 heterocycles. The molecule has 1 atom stereocenters. The van der Waals surface area contributed by atoms with E-state index in [1.807, 2.05) is 0 Å². The number of rotatable bonds is 5. The van der Waals surface area contributed by atoms with Crippen molar-refractivity contribution in [2.24, 2.45) is 0 Å². The minimum atomic E-state index is -4.67. The van der Waals surface area contributed by atoms with Crippen LogP contribution in [-0.4, -0.2) is 37.4 Å². The lowest BCUT2D eigenvalue weighted by atomic mass is 10.3. The molecule has 0 unspecified atom stereocenters. The molecule has 11 heteroatoms. The first-order valence-corrected chi connectivity index (χ1v) is 5.89. The number of nitrogens with one attached hydrogen (secondary N) is 1. The second-order valence-electron chi connectivity index (χ2n) is 4.11. The number of carbonyl (C=O) groups is 1. The third-order valence-corrected chi connectivity index (χ3v) is 2.57. The molecule has 0 aliphatic carbocycles. The van der Waals surface area contributed by atoms with Crippen LogP contribution in [0.15, 0.2) is 17.2 Å². The predicted octanol–water partition coefficient (Wildman–Crippen LogP) is 0.600. The highest BCUT2D eigenvalue weighted by Crippen LogP contribution is 2.27. The van der Waals surface area contributed by atoms with Gasteiger partial charge in [-0.15, -0.1) is 0 Å². The van der Waals surface area contributed by atoms with E-state index >= 15 is 0 Å². The van der Waals surface area contributed by atoms with Gasteiger partial charge in [0, 0.05) is 13.0 Å². The molecule has 0 aliphatic rings. The summed E-state index contributed by atoms with van der Waals surface area (Å²) in [7, 11) is 0. The molecule has 114 valence electrons. The van der Waals surface area contributed by atoms with Crippen LogP contribution in [0.4, 0.5) is 13.2 Å². The number of nitrogens with zero attached hydrogens (tertiary/aromatic N) is 5. The van der Waals surface area contributed by atoms with Crippen molar-refractivity contribution in [1.82, 2.24) is 30.2 Å². The second-order valence-corrected chi connectivity index (χ2v) is 4.11. The van der Waals surface area contributed by atoms with E-state index in [0.717, 1.165) is 0 Å². The molecule has 0 aliphatic heterocycles. The number of carbonyl (C=O) groups excluding carboxylic acids is 1. The molecule has 0 radical (unpaired) electrons. The van der Waals surface area contributed by atoms with Crippen molar-refractivity contribution >= 4 is 5.91 Å². The molecule has 21 heavy (non-hydrogen) atoms. The van der Waals surface area contributed by atoms with E-state index in [9.17, 15) is 18.0 Å². The van der Waals surface area contributed by atoms with Crippen LogP contribution in [-0.2, 0) is 17.4 Å². The van der Waals surface area contributed by atoms with Crippen molar-refractivity contribution in [1.29, 1.82) is 0 Å². The van der Waals surface area contributed by atoms with Crippen LogP contribution >= 0.6 is 0 Å². The third-order valence-electron chi connectivity index (χ3n) is 2.57. The zero-order valence-corrected chi connectivity index (χ0v) is 10.8. The van der Waals surface area contributed by atoms with Crippen LogP contribution in [0.1, 0.15) is 24.7 Å². The Morgan fingerprint density at radius 2 is 2.29 bits per heavy atom. The lowest BCUT2D eigenvalue weighted by Crippen LogP contribution is -2.32. The zero-order chi connectivity index (χ0) is 15.5. The smallest absolute Gasteiger partial charge is 0.354 e. The average Bonchev–Trinajstić information content (AvgIpc) is 3.08. The molecule has 0 spiro atoms. The van der Waals surface area contributed by atoms with Crippen molar-refractivity contribution in [3.8, 4) is 0 Å². The van der Waals surface area contributed by atoms with Gasteiger partial charge in [-0.1, -0.05) is 5.16 Å². The average molecular weight is 304 g/mol. The summed E-state index contributed by atoms with van der Waals surface area (Å²) in [6.07, 6.45) is -1.97. The summed E-state index contributed by atoms with van der Waals surface area (Å²) in [6, 6.07) is -0.580. The van der Waals surface area contributed by atoms with E-state index < -0.39 is 18.1 Å². The number of aromatic nitrogens is 5. The van der Waals surface area contributed by atoms with Gasteiger partial charge in [0.25, 0.3) is 0 Å². The fourth-order valence-corrected chi connectivity index (χ4v) is 1.45. The van der Waals surface area contributed by atoms with E-state index in [0.29, 0.717) is 0 Å². The molecule has 0 saturated heterocycles. The lowest BCUT2D eigenvalue weighted by molar-refractivity contribution is -0.159. The number of halogens is 3. The molecule has 0 saturated carbocycles. The van der Waals surface area contributed by atoms with E-state index in [1.54, 1.807) is 6.92 Å². The second kappa shape index (κ2) is 5.89. The molecule has 2 aromatic rings. The van der Waals surface area contributed by atoms with Gasteiger partial charge in [-0.3, -0.25) is 4.79 Å². The maximum atomic E-state index is 12.2. The normalized spacial score (nSPS) is 13.1. The third kappa shape index (κ3) is 3.77. The SMILES string of the molecule is C[C@H](C(=O)NCCc1noc(C(F)(F)F)n1)n1cncn1. The fraction of sp³-hybridized carbons (Fsp3) is 0.500. The minimum Gasteiger partial charge on any atom is -0.354 e. The molecular formula is C10H11F3N6O2. The molecule has 2 rings (SSSR count). The van der Waals surface area contributed by atoms with E-state index in [-0.39, 0.29) is 24.7 Å². The quantitative estimate of drug-likeness (QED) is 0.868. The molecule has 8 nitrogen and oxygen atoms in total. The van der Waals surface area contributed by atoms with Crippen LogP contribution in [0.2, 0.25) is 0 Å². The summed E-state index contributed by atoms with van der Waals surface area (Å²) < 4.78 is 42.1. The predicted molar refractivity (Wildman–Crippen MR) is 60.7 cm³/mol. The van der Waals surface area contributed by atoms with E-state index in [4.69, 9.17) is 0 Å². The first-order chi connectivity index (χ1) is 9.88. The summed E-state index contributed by atoms with van der Waals surface area (Å²) in [5.74, 6) is -1.88. The number of alkyl halides is 3. The monoisotopic (exact) mass is 304 g/mol. The summed E-state index contributed by atoms with van der Waals surface area (Å²) in [6.45, 7) is 1.69. The van der Waals surface area contributed by atoms with Gasteiger partial charge < -0.3 is 9.84 Å². The van der Waals surface area contributed by atoms with Crippen molar-refractivity contribution in [3.05, 3.63) is 24.4 Å². The van der Waals surface area contributed by atoms with Gasteiger partial charge in [0.2, 0.25) is 5.91 Å². The van der Waals surface area contributed by atoms with E-state index in [2.05, 4.69) is 30.1 Å². The van der Waals surface area contributed by atoms with Gasteiger partial charge in [-0.25, -0.2) is 9.67 Å². The number of amides is 1. The summed E-state index contributed by atoms with van der Waals surface area (Å²) in [4.78, 5) is 18.7. The largest absolute Gasteiger partial charge is 0.471 e. The van der Waals surface area contributed by atoms with Crippen LogP contribution in [0, 0.1) is 0 Å². The Balaban J connectivity index is 1.82. The van der Waals surface area contributed by atoms with Gasteiger partial charge in [-0.05, 0) is 6.92 Å². The van der Waals surface area contributed by atoms with E-state index in [1.165, 1.54) is 17.3 Å². The zero-order valence-electron chi connectivity index (χ0n) is 10.8.